The Morgan fingerprint density at radius 2 is 2.30 bits per heavy atom. The van der Waals surface area contributed by atoms with Gasteiger partial charge in [-0.2, -0.15) is 0 Å². The van der Waals surface area contributed by atoms with Gasteiger partial charge in [-0.25, -0.2) is 4.98 Å². The molecule has 1 aromatic carbocycles. The maximum Gasteiger partial charge on any atom is 0.287 e. The molecule has 3 N–H and O–H groups in total. The highest BCUT2D eigenvalue weighted by atomic mass is 32.1. The van der Waals surface area contributed by atoms with Crippen molar-refractivity contribution in [1.29, 1.82) is 0 Å². The molecule has 0 bridgehead atoms. The highest BCUT2D eigenvalue weighted by molar-refractivity contribution is 7.09. The highest BCUT2D eigenvalue weighted by Crippen LogP contribution is 2.21. The average molecular weight is 287 g/mol. The number of nitrogens with one attached hydrogen (secondary N) is 1. The normalized spacial score (nSPS) is 10.8. The van der Waals surface area contributed by atoms with Crippen LogP contribution in [0.3, 0.4) is 0 Å². The summed E-state index contributed by atoms with van der Waals surface area (Å²) in [5, 5.41) is 6.51. The Bertz CT molecular complexity index is 776. The van der Waals surface area contributed by atoms with Gasteiger partial charge in [0.25, 0.3) is 5.91 Å². The maximum atomic E-state index is 12.0. The predicted octanol–water partition coefficient (Wildman–Crippen LogP) is 2.71. The molecule has 0 saturated heterocycles. The Morgan fingerprint density at radius 3 is 3.05 bits per heavy atom. The molecule has 0 radical (unpaired) electrons. The molecule has 0 atom stereocenters. The number of fused-ring (bicyclic) bond motifs is 1. The van der Waals surface area contributed by atoms with Crippen molar-refractivity contribution in [1.82, 2.24) is 10.3 Å². The van der Waals surface area contributed by atoms with Crippen LogP contribution in [-0.4, -0.2) is 10.9 Å². The van der Waals surface area contributed by atoms with Gasteiger partial charge in [0.2, 0.25) is 0 Å². The van der Waals surface area contributed by atoms with Crippen molar-refractivity contribution in [2.45, 2.75) is 13.5 Å². The van der Waals surface area contributed by atoms with Gasteiger partial charge in [0.1, 0.15) is 5.58 Å². The number of aromatic nitrogens is 1. The summed E-state index contributed by atoms with van der Waals surface area (Å²) in [7, 11) is 0. The number of benzene rings is 1. The van der Waals surface area contributed by atoms with Gasteiger partial charge in [0.05, 0.1) is 17.2 Å². The third kappa shape index (κ3) is 2.50. The Kier molecular flexibility index (Phi) is 3.15. The van der Waals surface area contributed by atoms with Crippen LogP contribution in [0, 0.1) is 6.92 Å². The zero-order valence-electron chi connectivity index (χ0n) is 10.8. The average Bonchev–Trinajstić information content (AvgIpc) is 3.01. The van der Waals surface area contributed by atoms with Crippen LogP contribution in [0.2, 0.25) is 0 Å². The summed E-state index contributed by atoms with van der Waals surface area (Å²) in [4.78, 5) is 16.3. The van der Waals surface area contributed by atoms with E-state index in [0.29, 0.717) is 17.8 Å². The number of thiazole rings is 1. The van der Waals surface area contributed by atoms with Gasteiger partial charge in [-0.05, 0) is 31.2 Å². The minimum atomic E-state index is -0.259. The molecule has 2 heterocycles. The van der Waals surface area contributed by atoms with Crippen LogP contribution in [0.25, 0.3) is 11.0 Å². The molecule has 20 heavy (non-hydrogen) atoms. The molecule has 0 fully saturated rings. The number of carbonyl (C=O) groups is 1. The number of aryl methyl sites for hydroxylation is 1. The third-order valence-corrected chi connectivity index (χ3v) is 3.68. The molecular weight excluding hydrogens is 274 g/mol. The first-order valence-corrected chi connectivity index (χ1v) is 6.98. The number of furan rings is 1. The molecule has 3 aromatic rings. The van der Waals surface area contributed by atoms with Crippen molar-refractivity contribution in [3.05, 3.63) is 46.1 Å². The molecule has 0 aliphatic rings. The van der Waals surface area contributed by atoms with Crippen LogP contribution in [0.5, 0.6) is 0 Å². The summed E-state index contributed by atoms with van der Waals surface area (Å²) in [6, 6.07) is 6.96. The number of hydrogen-bond donors (Lipinski definition) is 2. The summed E-state index contributed by atoms with van der Waals surface area (Å²) in [5.74, 6) is 0.0166. The molecule has 0 spiro atoms. The van der Waals surface area contributed by atoms with Crippen molar-refractivity contribution in [2.75, 3.05) is 5.73 Å². The number of nitrogen functional groups attached to an aromatic ring is 1. The molecule has 3 rings (SSSR count). The lowest BCUT2D eigenvalue weighted by Crippen LogP contribution is -2.22. The molecule has 1 amide bonds. The molecule has 0 aliphatic heterocycles. The molecule has 102 valence electrons. The van der Waals surface area contributed by atoms with Crippen molar-refractivity contribution in [3.8, 4) is 0 Å². The predicted molar refractivity (Wildman–Crippen MR) is 78.6 cm³/mol. The van der Waals surface area contributed by atoms with E-state index in [1.54, 1.807) is 35.6 Å². The lowest BCUT2D eigenvalue weighted by atomic mass is 10.2. The topological polar surface area (TPSA) is 81.2 Å². The van der Waals surface area contributed by atoms with Gasteiger partial charge in [-0.3, -0.25) is 4.79 Å². The zero-order chi connectivity index (χ0) is 14.1. The van der Waals surface area contributed by atoms with E-state index in [9.17, 15) is 4.79 Å². The summed E-state index contributed by atoms with van der Waals surface area (Å²) < 4.78 is 5.49. The van der Waals surface area contributed by atoms with Crippen LogP contribution >= 0.6 is 11.3 Å². The molecule has 0 saturated carbocycles. The molecule has 0 unspecified atom stereocenters. The van der Waals surface area contributed by atoms with Crippen molar-refractivity contribution in [3.63, 3.8) is 0 Å². The van der Waals surface area contributed by atoms with Crippen LogP contribution in [-0.2, 0) is 6.54 Å². The summed E-state index contributed by atoms with van der Waals surface area (Å²) in [6.45, 7) is 2.32. The van der Waals surface area contributed by atoms with E-state index in [4.69, 9.17) is 10.2 Å². The Balaban J connectivity index is 1.75. The summed E-state index contributed by atoms with van der Waals surface area (Å²) in [5.41, 5.74) is 7.83. The smallest absolute Gasteiger partial charge is 0.287 e. The van der Waals surface area contributed by atoms with Gasteiger partial charge in [0.15, 0.2) is 5.76 Å². The fraction of sp³-hybridized carbons (Fsp3) is 0.143. The number of amides is 1. The van der Waals surface area contributed by atoms with E-state index in [-0.39, 0.29) is 11.7 Å². The van der Waals surface area contributed by atoms with E-state index < -0.39 is 0 Å². The minimum absolute atomic E-state index is 0.259. The maximum absolute atomic E-state index is 12.0. The van der Waals surface area contributed by atoms with E-state index in [1.807, 2.05) is 12.3 Å². The van der Waals surface area contributed by atoms with Crippen LogP contribution in [0.4, 0.5) is 5.69 Å². The number of carbonyl (C=O) groups excluding carboxylic acids is 1. The number of nitrogens with zero attached hydrogens (tertiary/aromatic N) is 1. The van der Waals surface area contributed by atoms with Gasteiger partial charge < -0.3 is 15.5 Å². The van der Waals surface area contributed by atoms with E-state index in [2.05, 4.69) is 10.3 Å². The number of nitrogens with two attached hydrogens (primary N) is 1. The quantitative estimate of drug-likeness (QED) is 0.726. The lowest BCUT2D eigenvalue weighted by molar-refractivity contribution is 0.0925. The van der Waals surface area contributed by atoms with Crippen LogP contribution in [0.15, 0.2) is 34.1 Å². The Hall–Kier alpha value is -2.34. The van der Waals surface area contributed by atoms with Crippen molar-refractivity contribution in [2.24, 2.45) is 0 Å². The fourth-order valence-corrected chi connectivity index (χ4v) is 2.53. The Morgan fingerprint density at radius 1 is 1.45 bits per heavy atom. The second-order valence-electron chi connectivity index (χ2n) is 4.45. The first kappa shape index (κ1) is 12.7. The van der Waals surface area contributed by atoms with E-state index in [1.165, 1.54) is 0 Å². The van der Waals surface area contributed by atoms with Crippen molar-refractivity contribution < 1.29 is 9.21 Å². The zero-order valence-corrected chi connectivity index (χ0v) is 11.7. The van der Waals surface area contributed by atoms with Crippen molar-refractivity contribution >= 4 is 33.9 Å². The van der Waals surface area contributed by atoms with E-state index >= 15 is 0 Å². The molecule has 2 aromatic heterocycles. The summed E-state index contributed by atoms with van der Waals surface area (Å²) >= 11 is 1.56. The molecular formula is C14H13N3O2S. The highest BCUT2D eigenvalue weighted by Gasteiger charge is 2.12. The Labute approximate surface area is 119 Å². The van der Waals surface area contributed by atoms with Gasteiger partial charge >= 0.3 is 0 Å². The lowest BCUT2D eigenvalue weighted by Gasteiger charge is -1.99. The SMILES string of the molecule is Cc1nc(CNC(=O)c2cc3cc(N)ccc3o2)cs1. The molecule has 0 aliphatic carbocycles. The molecule has 5 nitrogen and oxygen atoms in total. The van der Waals surface area contributed by atoms with Crippen LogP contribution < -0.4 is 11.1 Å². The fourth-order valence-electron chi connectivity index (χ4n) is 1.92. The molecule has 6 heteroatoms. The van der Waals surface area contributed by atoms with Gasteiger partial charge in [0, 0.05) is 16.5 Å². The van der Waals surface area contributed by atoms with E-state index in [0.717, 1.165) is 16.1 Å². The number of hydrogen-bond acceptors (Lipinski definition) is 5. The number of anilines is 1. The summed E-state index contributed by atoms with van der Waals surface area (Å²) in [6.07, 6.45) is 0. The minimum Gasteiger partial charge on any atom is -0.451 e. The second-order valence-corrected chi connectivity index (χ2v) is 5.51. The monoisotopic (exact) mass is 287 g/mol. The first-order valence-electron chi connectivity index (χ1n) is 6.10. The van der Waals surface area contributed by atoms with Crippen LogP contribution in [0.1, 0.15) is 21.3 Å². The second kappa shape index (κ2) is 4.97. The first-order chi connectivity index (χ1) is 9.61. The standard InChI is InChI=1S/C14H13N3O2S/c1-8-17-11(7-20-8)6-16-14(18)13-5-9-4-10(15)2-3-12(9)19-13/h2-5,7H,6,15H2,1H3,(H,16,18). The third-order valence-electron chi connectivity index (χ3n) is 2.86. The van der Waals surface area contributed by atoms with Gasteiger partial charge in [-0.15, -0.1) is 11.3 Å². The van der Waals surface area contributed by atoms with Gasteiger partial charge in [-0.1, -0.05) is 0 Å². The number of rotatable bonds is 3. The largest absolute Gasteiger partial charge is 0.451 e.